The zero-order chi connectivity index (χ0) is 17.8. The molecule has 4 nitrogen and oxygen atoms in total. The van der Waals surface area contributed by atoms with Crippen molar-refractivity contribution >= 4 is 0 Å². The lowest BCUT2D eigenvalue weighted by Crippen LogP contribution is -1.93. The minimum absolute atomic E-state index is 0.204. The first kappa shape index (κ1) is 15.9. The van der Waals surface area contributed by atoms with E-state index in [9.17, 15) is 15.8 Å². The Labute approximate surface area is 145 Å². The van der Waals surface area contributed by atoms with Crippen LogP contribution in [0.25, 0.3) is 22.4 Å². The summed E-state index contributed by atoms with van der Waals surface area (Å²) in [4.78, 5) is 4.52. The van der Waals surface area contributed by atoms with Crippen molar-refractivity contribution in [2.24, 2.45) is 0 Å². The highest BCUT2D eigenvalue weighted by Crippen LogP contribution is 2.30. The SMILES string of the molecule is Cc1cccc(-c2cccc(-c3cc(C#N)cc(C#N)c3C#N)c2)n1. The first-order valence-electron chi connectivity index (χ1n) is 7.59. The third-order valence-corrected chi connectivity index (χ3v) is 3.86. The molecule has 116 valence electrons. The maximum absolute atomic E-state index is 9.48. The standard InChI is InChI=1S/C21H12N4/c1-14-4-2-7-21(25-14)17-6-3-5-16(10-17)19-9-15(11-22)8-18(12-23)20(19)13-24/h2-10H,1H3. The van der Waals surface area contributed by atoms with Crippen molar-refractivity contribution in [3.63, 3.8) is 0 Å². The largest absolute Gasteiger partial charge is 0.253 e. The van der Waals surface area contributed by atoms with Gasteiger partial charge in [0.1, 0.15) is 12.1 Å². The molecule has 1 heterocycles. The van der Waals surface area contributed by atoms with Crippen molar-refractivity contribution in [1.29, 1.82) is 15.8 Å². The normalized spacial score (nSPS) is 9.68. The van der Waals surface area contributed by atoms with Gasteiger partial charge in [0.2, 0.25) is 0 Å². The fraction of sp³-hybridized carbons (Fsp3) is 0.0476. The Morgan fingerprint density at radius 2 is 1.56 bits per heavy atom. The number of benzene rings is 2. The Morgan fingerprint density at radius 1 is 0.800 bits per heavy atom. The molecule has 0 atom stereocenters. The summed E-state index contributed by atoms with van der Waals surface area (Å²) in [7, 11) is 0. The molecule has 0 fully saturated rings. The Morgan fingerprint density at radius 3 is 2.24 bits per heavy atom. The lowest BCUT2D eigenvalue weighted by Gasteiger charge is -2.09. The van der Waals surface area contributed by atoms with Crippen molar-refractivity contribution < 1.29 is 0 Å². The second-order valence-electron chi connectivity index (χ2n) is 5.53. The van der Waals surface area contributed by atoms with E-state index < -0.39 is 0 Å². The molecule has 0 saturated carbocycles. The van der Waals surface area contributed by atoms with E-state index in [-0.39, 0.29) is 11.1 Å². The summed E-state index contributed by atoms with van der Waals surface area (Å²) in [6, 6.07) is 22.6. The van der Waals surface area contributed by atoms with E-state index >= 15 is 0 Å². The van der Waals surface area contributed by atoms with E-state index in [2.05, 4.69) is 11.1 Å². The number of aryl methyl sites for hydroxylation is 1. The van der Waals surface area contributed by atoms with Crippen molar-refractivity contribution in [2.75, 3.05) is 0 Å². The third-order valence-electron chi connectivity index (χ3n) is 3.86. The molecule has 3 aromatic rings. The molecule has 4 heteroatoms. The predicted octanol–water partition coefficient (Wildman–Crippen LogP) is 4.34. The topological polar surface area (TPSA) is 84.3 Å². The van der Waals surface area contributed by atoms with Crippen LogP contribution < -0.4 is 0 Å². The van der Waals surface area contributed by atoms with Gasteiger partial charge in [-0.1, -0.05) is 24.3 Å². The van der Waals surface area contributed by atoms with Gasteiger partial charge in [0.25, 0.3) is 0 Å². The molecule has 0 aliphatic heterocycles. The summed E-state index contributed by atoms with van der Waals surface area (Å²) >= 11 is 0. The summed E-state index contributed by atoms with van der Waals surface area (Å²) < 4.78 is 0. The number of hydrogen-bond acceptors (Lipinski definition) is 4. The molecule has 0 radical (unpaired) electrons. The number of nitrogens with zero attached hydrogens (tertiary/aromatic N) is 4. The van der Waals surface area contributed by atoms with Crippen LogP contribution in [0.2, 0.25) is 0 Å². The van der Waals surface area contributed by atoms with Gasteiger partial charge in [-0.3, -0.25) is 4.98 Å². The van der Waals surface area contributed by atoms with E-state index in [4.69, 9.17) is 0 Å². The average Bonchev–Trinajstić information content (AvgIpc) is 2.66. The predicted molar refractivity (Wildman–Crippen MR) is 94.0 cm³/mol. The fourth-order valence-corrected chi connectivity index (χ4v) is 2.69. The Bertz CT molecular complexity index is 1090. The van der Waals surface area contributed by atoms with Crippen LogP contribution in [-0.4, -0.2) is 4.98 Å². The Hall–Kier alpha value is -3.94. The van der Waals surface area contributed by atoms with Crippen LogP contribution in [0.1, 0.15) is 22.4 Å². The maximum Gasteiger partial charge on any atom is 0.101 e. The minimum Gasteiger partial charge on any atom is -0.253 e. The van der Waals surface area contributed by atoms with E-state index in [1.54, 1.807) is 6.07 Å². The second kappa shape index (κ2) is 6.67. The highest BCUT2D eigenvalue weighted by molar-refractivity contribution is 5.78. The monoisotopic (exact) mass is 320 g/mol. The second-order valence-corrected chi connectivity index (χ2v) is 5.53. The molecule has 0 aliphatic rings. The molecular formula is C21H12N4. The van der Waals surface area contributed by atoms with Gasteiger partial charge >= 0.3 is 0 Å². The smallest absolute Gasteiger partial charge is 0.101 e. The van der Waals surface area contributed by atoms with Gasteiger partial charge in [0.05, 0.1) is 28.5 Å². The van der Waals surface area contributed by atoms with Crippen molar-refractivity contribution in [1.82, 2.24) is 4.98 Å². The van der Waals surface area contributed by atoms with Crippen LogP contribution in [0.15, 0.2) is 54.6 Å². The number of aromatic nitrogens is 1. The van der Waals surface area contributed by atoms with Crippen LogP contribution in [-0.2, 0) is 0 Å². The van der Waals surface area contributed by atoms with Crippen molar-refractivity contribution in [2.45, 2.75) is 6.92 Å². The molecule has 2 aromatic carbocycles. The minimum atomic E-state index is 0.204. The van der Waals surface area contributed by atoms with Gasteiger partial charge in [0, 0.05) is 16.8 Å². The lowest BCUT2D eigenvalue weighted by atomic mass is 9.93. The zero-order valence-electron chi connectivity index (χ0n) is 13.5. The molecule has 0 N–H and O–H groups in total. The Kier molecular flexibility index (Phi) is 4.25. The number of hydrogen-bond donors (Lipinski definition) is 0. The quantitative estimate of drug-likeness (QED) is 0.703. The molecule has 0 saturated heterocycles. The average molecular weight is 320 g/mol. The fourth-order valence-electron chi connectivity index (χ4n) is 2.69. The molecule has 0 spiro atoms. The molecule has 3 rings (SSSR count). The molecule has 0 unspecified atom stereocenters. The van der Waals surface area contributed by atoms with E-state index in [0.717, 1.165) is 22.5 Å². The lowest BCUT2D eigenvalue weighted by molar-refractivity contribution is 1.20. The molecular weight excluding hydrogens is 308 g/mol. The summed E-state index contributed by atoms with van der Waals surface area (Å²) in [6.07, 6.45) is 0. The van der Waals surface area contributed by atoms with Gasteiger partial charge in [-0.25, -0.2) is 0 Å². The van der Waals surface area contributed by atoms with Crippen LogP contribution in [0.3, 0.4) is 0 Å². The number of nitriles is 3. The summed E-state index contributed by atoms with van der Waals surface area (Å²) in [5.41, 5.74) is 4.83. The third kappa shape index (κ3) is 3.08. The molecule has 0 bridgehead atoms. The first-order valence-corrected chi connectivity index (χ1v) is 7.59. The van der Waals surface area contributed by atoms with E-state index in [0.29, 0.717) is 11.1 Å². The van der Waals surface area contributed by atoms with Crippen molar-refractivity contribution in [3.8, 4) is 40.6 Å². The van der Waals surface area contributed by atoms with Gasteiger partial charge in [-0.2, -0.15) is 15.8 Å². The Balaban J connectivity index is 2.22. The van der Waals surface area contributed by atoms with Crippen LogP contribution in [0.4, 0.5) is 0 Å². The summed E-state index contributed by atoms with van der Waals surface area (Å²) in [5, 5.41) is 28.0. The van der Waals surface area contributed by atoms with Crippen LogP contribution in [0, 0.1) is 40.9 Å². The van der Waals surface area contributed by atoms with Crippen LogP contribution >= 0.6 is 0 Å². The van der Waals surface area contributed by atoms with Gasteiger partial charge in [-0.05, 0) is 42.8 Å². The highest BCUT2D eigenvalue weighted by Gasteiger charge is 2.13. The molecule has 0 amide bonds. The summed E-state index contributed by atoms with van der Waals surface area (Å²) in [5.74, 6) is 0. The van der Waals surface area contributed by atoms with Gasteiger partial charge in [0.15, 0.2) is 0 Å². The van der Waals surface area contributed by atoms with E-state index in [1.807, 2.05) is 61.5 Å². The van der Waals surface area contributed by atoms with Gasteiger partial charge < -0.3 is 0 Å². The molecule has 1 aromatic heterocycles. The number of rotatable bonds is 2. The zero-order valence-corrected chi connectivity index (χ0v) is 13.5. The first-order chi connectivity index (χ1) is 12.2. The van der Waals surface area contributed by atoms with Crippen LogP contribution in [0.5, 0.6) is 0 Å². The van der Waals surface area contributed by atoms with Gasteiger partial charge in [-0.15, -0.1) is 0 Å². The molecule has 0 aliphatic carbocycles. The highest BCUT2D eigenvalue weighted by atomic mass is 14.7. The summed E-state index contributed by atoms with van der Waals surface area (Å²) in [6.45, 7) is 1.93. The maximum atomic E-state index is 9.48. The molecule has 25 heavy (non-hydrogen) atoms. The number of pyridine rings is 1. The van der Waals surface area contributed by atoms with E-state index in [1.165, 1.54) is 6.07 Å². The van der Waals surface area contributed by atoms with Crippen molar-refractivity contribution in [3.05, 3.63) is 77.0 Å².